The lowest BCUT2D eigenvalue weighted by atomic mass is 9.98. The first kappa shape index (κ1) is 15.7. The van der Waals surface area contributed by atoms with Gasteiger partial charge in [0.25, 0.3) is 0 Å². The second kappa shape index (κ2) is 5.34. The number of alkyl halides is 3. The molecular weight excluding hydrogens is 329 g/mol. The Morgan fingerprint density at radius 1 is 1.08 bits per heavy atom. The van der Waals surface area contributed by atoms with Gasteiger partial charge in [-0.2, -0.15) is 13.2 Å². The van der Waals surface area contributed by atoms with Gasteiger partial charge in [-0.1, -0.05) is 6.07 Å². The van der Waals surface area contributed by atoms with E-state index in [1.54, 1.807) is 18.6 Å². The van der Waals surface area contributed by atoms with Crippen molar-refractivity contribution in [3.8, 4) is 11.3 Å². The number of anilines is 2. The Kier molecular flexibility index (Phi) is 3.35. The molecule has 4 rings (SSSR count). The normalized spacial score (nSPS) is 13.6. The average Bonchev–Trinajstić information content (AvgIpc) is 2.94. The Morgan fingerprint density at radius 2 is 1.88 bits per heavy atom. The number of fused-ring (bicyclic) bond motifs is 3. The number of aryl methyl sites for hydroxylation is 2. The van der Waals surface area contributed by atoms with E-state index in [1.165, 1.54) is 12.1 Å². The van der Waals surface area contributed by atoms with Gasteiger partial charge >= 0.3 is 6.18 Å². The molecule has 7 heteroatoms. The maximum Gasteiger partial charge on any atom is 0.416 e. The SMILES string of the molecule is Cc1ncccc1N1Cc2ncn(C)c2-c2ccc(C(F)(F)F)cc21. The molecule has 1 aromatic carbocycles. The summed E-state index contributed by atoms with van der Waals surface area (Å²) in [6.45, 7) is 2.24. The van der Waals surface area contributed by atoms with Crippen LogP contribution in [-0.4, -0.2) is 14.5 Å². The summed E-state index contributed by atoms with van der Waals surface area (Å²) in [5.74, 6) is 0. The number of pyridine rings is 1. The minimum atomic E-state index is -4.39. The Bertz CT molecular complexity index is 959. The first-order valence-corrected chi connectivity index (χ1v) is 7.77. The van der Waals surface area contributed by atoms with Crippen LogP contribution in [0.5, 0.6) is 0 Å². The van der Waals surface area contributed by atoms with Crippen molar-refractivity contribution in [2.24, 2.45) is 7.05 Å². The number of hydrogen-bond acceptors (Lipinski definition) is 3. The second-order valence-corrected chi connectivity index (χ2v) is 6.07. The lowest BCUT2D eigenvalue weighted by Crippen LogP contribution is -2.24. The quantitative estimate of drug-likeness (QED) is 0.653. The van der Waals surface area contributed by atoms with Crippen molar-refractivity contribution < 1.29 is 13.2 Å². The molecule has 3 aromatic rings. The summed E-state index contributed by atoms with van der Waals surface area (Å²) < 4.78 is 41.5. The van der Waals surface area contributed by atoms with Crippen molar-refractivity contribution in [2.45, 2.75) is 19.6 Å². The first-order chi connectivity index (χ1) is 11.9. The number of nitrogens with zero attached hydrogens (tertiary/aromatic N) is 4. The van der Waals surface area contributed by atoms with E-state index in [0.29, 0.717) is 12.2 Å². The van der Waals surface area contributed by atoms with Crippen molar-refractivity contribution in [1.82, 2.24) is 14.5 Å². The van der Waals surface area contributed by atoms with E-state index in [-0.39, 0.29) is 0 Å². The highest BCUT2D eigenvalue weighted by Crippen LogP contribution is 2.45. The summed E-state index contributed by atoms with van der Waals surface area (Å²) in [7, 11) is 1.85. The van der Waals surface area contributed by atoms with Crippen LogP contribution in [0.3, 0.4) is 0 Å². The second-order valence-electron chi connectivity index (χ2n) is 6.07. The molecule has 0 radical (unpaired) electrons. The van der Waals surface area contributed by atoms with E-state index < -0.39 is 11.7 Å². The molecule has 3 heterocycles. The van der Waals surface area contributed by atoms with Crippen LogP contribution in [0.25, 0.3) is 11.3 Å². The third-order valence-corrected chi connectivity index (χ3v) is 4.46. The number of imidazole rings is 1. The molecule has 1 aliphatic rings. The maximum atomic E-state index is 13.2. The molecule has 0 amide bonds. The predicted octanol–water partition coefficient (Wildman–Crippen LogP) is 4.46. The molecule has 4 nitrogen and oxygen atoms in total. The minimum absolute atomic E-state index is 0.400. The lowest BCUT2D eigenvalue weighted by Gasteiger charge is -2.32. The van der Waals surface area contributed by atoms with Gasteiger partial charge in [-0.25, -0.2) is 4.98 Å². The standard InChI is InChI=1S/C18H15F3N4/c1-11-15(4-3-7-22-11)25-9-14-17(24(2)10-23-14)13-6-5-12(8-16(13)25)18(19,20)21/h3-8,10H,9H2,1-2H3. The molecule has 128 valence electrons. The van der Waals surface area contributed by atoms with Crippen LogP contribution in [0.15, 0.2) is 42.9 Å². The van der Waals surface area contributed by atoms with Gasteiger partial charge in [-0.3, -0.25) is 4.98 Å². The Morgan fingerprint density at radius 3 is 2.60 bits per heavy atom. The summed E-state index contributed by atoms with van der Waals surface area (Å²) in [6.07, 6.45) is -1.04. The van der Waals surface area contributed by atoms with Crippen LogP contribution in [0.4, 0.5) is 24.5 Å². The highest BCUT2D eigenvalue weighted by Gasteiger charge is 2.34. The Labute approximate surface area is 142 Å². The monoisotopic (exact) mass is 344 g/mol. The van der Waals surface area contributed by atoms with E-state index in [1.807, 2.05) is 29.5 Å². The van der Waals surface area contributed by atoms with Crippen LogP contribution in [0, 0.1) is 6.92 Å². The van der Waals surface area contributed by atoms with Crippen molar-refractivity contribution in [2.75, 3.05) is 4.90 Å². The van der Waals surface area contributed by atoms with Crippen LogP contribution in [-0.2, 0) is 19.8 Å². The van der Waals surface area contributed by atoms with Gasteiger partial charge in [0.2, 0.25) is 0 Å². The van der Waals surface area contributed by atoms with Crippen molar-refractivity contribution in [3.05, 3.63) is 59.8 Å². The molecule has 0 aliphatic carbocycles. The van der Waals surface area contributed by atoms with Crippen LogP contribution in [0.1, 0.15) is 17.0 Å². The van der Waals surface area contributed by atoms with Crippen molar-refractivity contribution >= 4 is 11.4 Å². The third kappa shape index (κ3) is 2.47. The molecule has 0 saturated heterocycles. The molecule has 0 N–H and O–H groups in total. The number of aromatic nitrogens is 3. The highest BCUT2D eigenvalue weighted by atomic mass is 19.4. The number of hydrogen-bond donors (Lipinski definition) is 0. The molecule has 0 bridgehead atoms. The summed E-state index contributed by atoms with van der Waals surface area (Å²) >= 11 is 0. The molecule has 25 heavy (non-hydrogen) atoms. The fourth-order valence-electron chi connectivity index (χ4n) is 3.28. The van der Waals surface area contributed by atoms with Gasteiger partial charge in [-0.15, -0.1) is 0 Å². The van der Waals surface area contributed by atoms with E-state index in [4.69, 9.17) is 0 Å². The molecule has 0 saturated carbocycles. The average molecular weight is 344 g/mol. The molecular formula is C18H15F3N4. The van der Waals surface area contributed by atoms with E-state index in [9.17, 15) is 13.2 Å². The Balaban J connectivity index is 1.97. The summed E-state index contributed by atoms with van der Waals surface area (Å²) in [5, 5.41) is 0. The predicted molar refractivity (Wildman–Crippen MR) is 88.5 cm³/mol. The first-order valence-electron chi connectivity index (χ1n) is 7.77. The third-order valence-electron chi connectivity index (χ3n) is 4.46. The van der Waals surface area contributed by atoms with Gasteiger partial charge in [0.05, 0.1) is 46.9 Å². The minimum Gasteiger partial charge on any atom is -0.333 e. The molecule has 0 atom stereocenters. The van der Waals surface area contributed by atoms with Gasteiger partial charge in [0.1, 0.15) is 0 Å². The molecule has 0 unspecified atom stereocenters. The van der Waals surface area contributed by atoms with Crippen molar-refractivity contribution in [1.29, 1.82) is 0 Å². The zero-order chi connectivity index (χ0) is 17.8. The lowest BCUT2D eigenvalue weighted by molar-refractivity contribution is -0.137. The topological polar surface area (TPSA) is 34.0 Å². The van der Waals surface area contributed by atoms with Gasteiger partial charge in [-0.05, 0) is 31.2 Å². The summed E-state index contributed by atoms with van der Waals surface area (Å²) in [6, 6.07) is 7.49. The van der Waals surface area contributed by atoms with E-state index >= 15 is 0 Å². The number of benzene rings is 1. The maximum absolute atomic E-state index is 13.2. The van der Waals surface area contributed by atoms with Gasteiger partial charge < -0.3 is 9.47 Å². The molecule has 1 aliphatic heterocycles. The van der Waals surface area contributed by atoms with Crippen LogP contribution < -0.4 is 4.90 Å². The fraction of sp³-hybridized carbons (Fsp3) is 0.222. The smallest absolute Gasteiger partial charge is 0.333 e. The highest BCUT2D eigenvalue weighted by molar-refractivity contribution is 5.86. The largest absolute Gasteiger partial charge is 0.416 e. The summed E-state index contributed by atoms with van der Waals surface area (Å²) in [4.78, 5) is 10.5. The number of rotatable bonds is 1. The molecule has 2 aromatic heterocycles. The fourth-order valence-corrected chi connectivity index (χ4v) is 3.28. The van der Waals surface area contributed by atoms with Gasteiger partial charge in [0.15, 0.2) is 0 Å². The van der Waals surface area contributed by atoms with E-state index in [2.05, 4.69) is 9.97 Å². The van der Waals surface area contributed by atoms with Crippen LogP contribution >= 0.6 is 0 Å². The number of halogens is 3. The van der Waals surface area contributed by atoms with Crippen molar-refractivity contribution in [3.63, 3.8) is 0 Å². The molecule has 0 fully saturated rings. The van der Waals surface area contributed by atoms with Crippen LogP contribution in [0.2, 0.25) is 0 Å². The zero-order valence-electron chi connectivity index (χ0n) is 13.7. The summed E-state index contributed by atoms with van der Waals surface area (Å²) in [5.41, 5.74) is 3.80. The zero-order valence-corrected chi connectivity index (χ0v) is 13.7. The Hall–Kier alpha value is -2.83. The molecule has 0 spiro atoms. The van der Waals surface area contributed by atoms with E-state index in [0.717, 1.165) is 34.4 Å². The van der Waals surface area contributed by atoms with Gasteiger partial charge in [0, 0.05) is 18.8 Å².